The predicted octanol–water partition coefficient (Wildman–Crippen LogP) is 1.94. The molecule has 2 aromatic rings. The molecular formula is C16H26N6S. The molecule has 0 unspecified atom stereocenters. The van der Waals surface area contributed by atoms with Crippen LogP contribution in [0.15, 0.2) is 12.1 Å². The minimum Gasteiger partial charge on any atom is -0.353 e. The summed E-state index contributed by atoms with van der Waals surface area (Å²) in [7, 11) is 0. The molecule has 1 aliphatic rings. The summed E-state index contributed by atoms with van der Waals surface area (Å²) in [5.41, 5.74) is 0.812. The molecule has 1 saturated heterocycles. The summed E-state index contributed by atoms with van der Waals surface area (Å²) in [5.74, 6) is 5.15. The Morgan fingerprint density at radius 2 is 1.91 bits per heavy atom. The molecule has 0 aliphatic carbocycles. The minimum atomic E-state index is 0.791. The van der Waals surface area contributed by atoms with Crippen molar-refractivity contribution in [1.29, 1.82) is 0 Å². The number of aromatic nitrogens is 4. The molecule has 23 heavy (non-hydrogen) atoms. The van der Waals surface area contributed by atoms with Crippen molar-refractivity contribution in [2.45, 2.75) is 20.8 Å². The van der Waals surface area contributed by atoms with Crippen molar-refractivity contribution in [3.8, 4) is 0 Å². The Hall–Kier alpha value is -1.34. The Kier molecular flexibility index (Phi) is 5.38. The molecule has 126 valence electrons. The molecule has 6 nitrogen and oxygen atoms in total. The summed E-state index contributed by atoms with van der Waals surface area (Å²) < 4.78 is 1.82. The van der Waals surface area contributed by atoms with Crippen molar-refractivity contribution in [2.24, 2.45) is 5.92 Å². The van der Waals surface area contributed by atoms with Crippen LogP contribution in [-0.4, -0.2) is 68.9 Å². The summed E-state index contributed by atoms with van der Waals surface area (Å²) in [6.07, 6.45) is 0. The summed E-state index contributed by atoms with van der Waals surface area (Å²) in [5, 5.41) is 12.8. The summed E-state index contributed by atoms with van der Waals surface area (Å²) in [6.45, 7) is 12.0. The average molecular weight is 334 g/mol. The number of hydrogen-bond acceptors (Lipinski definition) is 6. The molecule has 0 saturated carbocycles. The third-order valence-corrected chi connectivity index (χ3v) is 5.48. The van der Waals surface area contributed by atoms with Gasteiger partial charge in [0, 0.05) is 38.5 Å². The van der Waals surface area contributed by atoms with Crippen LogP contribution in [0.3, 0.4) is 0 Å². The monoisotopic (exact) mass is 334 g/mol. The van der Waals surface area contributed by atoms with Crippen LogP contribution >= 0.6 is 11.8 Å². The van der Waals surface area contributed by atoms with Crippen molar-refractivity contribution in [2.75, 3.05) is 49.1 Å². The van der Waals surface area contributed by atoms with Crippen molar-refractivity contribution in [1.82, 2.24) is 24.7 Å². The standard InChI is InChI=1S/C16H26N6S/c1-13(2)12-23-11-10-20-6-8-21(9-7-20)16-5-4-15-18-17-14(3)22(15)19-16/h4-5,13H,6-12H2,1-3H3. The van der Waals surface area contributed by atoms with Gasteiger partial charge in [0.2, 0.25) is 0 Å². The number of fused-ring (bicyclic) bond motifs is 1. The third kappa shape index (κ3) is 4.14. The zero-order valence-electron chi connectivity index (χ0n) is 14.3. The van der Waals surface area contributed by atoms with Gasteiger partial charge in [-0.2, -0.15) is 16.3 Å². The van der Waals surface area contributed by atoms with Crippen LogP contribution in [0.5, 0.6) is 0 Å². The average Bonchev–Trinajstić information content (AvgIpc) is 2.93. The maximum Gasteiger partial charge on any atom is 0.178 e. The molecule has 7 heteroatoms. The summed E-state index contributed by atoms with van der Waals surface area (Å²) in [6, 6.07) is 4.05. The highest BCUT2D eigenvalue weighted by molar-refractivity contribution is 7.99. The van der Waals surface area contributed by atoms with Crippen molar-refractivity contribution < 1.29 is 0 Å². The van der Waals surface area contributed by atoms with E-state index in [0.29, 0.717) is 0 Å². The van der Waals surface area contributed by atoms with Gasteiger partial charge in [0.05, 0.1) is 0 Å². The van der Waals surface area contributed by atoms with E-state index in [1.165, 1.54) is 18.1 Å². The molecule has 0 spiro atoms. The molecule has 0 bridgehead atoms. The van der Waals surface area contributed by atoms with Crippen LogP contribution in [0.1, 0.15) is 19.7 Å². The Labute approximate surface area is 142 Å². The Balaban J connectivity index is 1.50. The maximum atomic E-state index is 4.67. The quantitative estimate of drug-likeness (QED) is 0.753. The molecule has 0 atom stereocenters. The number of rotatable bonds is 6. The summed E-state index contributed by atoms with van der Waals surface area (Å²) >= 11 is 2.07. The lowest BCUT2D eigenvalue weighted by molar-refractivity contribution is 0.272. The molecule has 0 aromatic carbocycles. The first kappa shape index (κ1) is 16.5. The van der Waals surface area contributed by atoms with Crippen LogP contribution in [-0.2, 0) is 0 Å². The van der Waals surface area contributed by atoms with Crippen molar-refractivity contribution >= 4 is 23.2 Å². The van der Waals surface area contributed by atoms with Gasteiger partial charge in [-0.1, -0.05) is 13.8 Å². The largest absolute Gasteiger partial charge is 0.353 e. The number of aryl methyl sites for hydroxylation is 1. The number of hydrogen-bond donors (Lipinski definition) is 0. The smallest absolute Gasteiger partial charge is 0.178 e. The zero-order valence-corrected chi connectivity index (χ0v) is 15.1. The molecule has 0 N–H and O–H groups in total. The van der Waals surface area contributed by atoms with Gasteiger partial charge in [0.1, 0.15) is 5.82 Å². The van der Waals surface area contributed by atoms with Gasteiger partial charge in [0.25, 0.3) is 0 Å². The second-order valence-electron chi connectivity index (χ2n) is 6.51. The van der Waals surface area contributed by atoms with Crippen molar-refractivity contribution in [3.05, 3.63) is 18.0 Å². The van der Waals surface area contributed by atoms with Gasteiger partial charge >= 0.3 is 0 Å². The van der Waals surface area contributed by atoms with Crippen LogP contribution in [0.4, 0.5) is 5.82 Å². The van der Waals surface area contributed by atoms with Crippen LogP contribution < -0.4 is 4.90 Å². The third-order valence-electron chi connectivity index (χ3n) is 4.10. The zero-order chi connectivity index (χ0) is 16.2. The number of thioether (sulfide) groups is 1. The van der Waals surface area contributed by atoms with E-state index in [2.05, 4.69) is 56.8 Å². The van der Waals surface area contributed by atoms with Crippen LogP contribution in [0.25, 0.3) is 5.65 Å². The highest BCUT2D eigenvalue weighted by Gasteiger charge is 2.18. The van der Waals surface area contributed by atoms with Crippen LogP contribution in [0, 0.1) is 12.8 Å². The number of anilines is 1. The van der Waals surface area contributed by atoms with E-state index >= 15 is 0 Å². The van der Waals surface area contributed by atoms with E-state index in [-0.39, 0.29) is 0 Å². The molecule has 0 radical (unpaired) electrons. The second kappa shape index (κ2) is 7.49. The molecule has 1 aliphatic heterocycles. The van der Waals surface area contributed by atoms with Crippen molar-refractivity contribution in [3.63, 3.8) is 0 Å². The minimum absolute atomic E-state index is 0.791. The Morgan fingerprint density at radius 1 is 1.13 bits per heavy atom. The van der Waals surface area contributed by atoms with Gasteiger partial charge in [-0.25, -0.2) is 0 Å². The lowest BCUT2D eigenvalue weighted by Crippen LogP contribution is -2.47. The molecule has 3 heterocycles. The van der Waals surface area contributed by atoms with Crippen LogP contribution in [0.2, 0.25) is 0 Å². The normalized spacial score (nSPS) is 16.6. The predicted molar refractivity (Wildman–Crippen MR) is 96.3 cm³/mol. The number of nitrogens with zero attached hydrogens (tertiary/aromatic N) is 6. The van der Waals surface area contributed by atoms with E-state index in [0.717, 1.165) is 49.4 Å². The van der Waals surface area contributed by atoms with Gasteiger partial charge < -0.3 is 4.90 Å². The first-order valence-electron chi connectivity index (χ1n) is 8.37. The molecular weight excluding hydrogens is 308 g/mol. The van der Waals surface area contributed by atoms with Gasteiger partial charge in [-0.15, -0.1) is 15.3 Å². The molecule has 1 fully saturated rings. The fourth-order valence-electron chi connectivity index (χ4n) is 2.77. The lowest BCUT2D eigenvalue weighted by Gasteiger charge is -2.35. The maximum absolute atomic E-state index is 4.67. The highest BCUT2D eigenvalue weighted by atomic mass is 32.2. The van der Waals surface area contributed by atoms with E-state index in [9.17, 15) is 0 Å². The second-order valence-corrected chi connectivity index (χ2v) is 7.66. The molecule has 3 rings (SSSR count). The highest BCUT2D eigenvalue weighted by Crippen LogP contribution is 2.15. The Morgan fingerprint density at radius 3 is 2.65 bits per heavy atom. The molecule has 0 amide bonds. The Bertz CT molecular complexity index is 633. The number of piperazine rings is 1. The lowest BCUT2D eigenvalue weighted by atomic mass is 10.3. The van der Waals surface area contributed by atoms with E-state index in [4.69, 9.17) is 0 Å². The summed E-state index contributed by atoms with van der Waals surface area (Å²) in [4.78, 5) is 4.92. The first-order valence-corrected chi connectivity index (χ1v) is 9.53. The van der Waals surface area contributed by atoms with Gasteiger partial charge in [-0.05, 0) is 30.7 Å². The van der Waals surface area contributed by atoms with Gasteiger partial charge in [0.15, 0.2) is 11.5 Å². The van der Waals surface area contributed by atoms with Gasteiger partial charge in [-0.3, -0.25) is 4.90 Å². The molecule has 2 aromatic heterocycles. The SMILES string of the molecule is Cc1nnc2ccc(N3CCN(CCSCC(C)C)CC3)nn12. The first-order chi connectivity index (χ1) is 11.1. The topological polar surface area (TPSA) is 49.6 Å². The fraction of sp³-hybridized carbons (Fsp3) is 0.688. The van der Waals surface area contributed by atoms with E-state index in [1.807, 2.05) is 17.5 Å². The van der Waals surface area contributed by atoms with E-state index < -0.39 is 0 Å². The van der Waals surface area contributed by atoms with E-state index in [1.54, 1.807) is 0 Å². The fourth-order valence-corrected chi connectivity index (χ4v) is 3.79.